The van der Waals surface area contributed by atoms with Gasteiger partial charge in [0.1, 0.15) is 5.70 Å². The number of carbonyl (C=O) groups is 2. The van der Waals surface area contributed by atoms with Crippen LogP contribution in [0.3, 0.4) is 0 Å². The molecular weight excluding hydrogens is 328 g/mol. The Morgan fingerprint density at radius 2 is 1.62 bits per heavy atom. The van der Waals surface area contributed by atoms with Gasteiger partial charge in [-0.3, -0.25) is 4.79 Å². The molecular formula is C21H24N2O3. The van der Waals surface area contributed by atoms with Crippen molar-refractivity contribution in [1.82, 2.24) is 5.32 Å². The number of nitrogens with one attached hydrogen (secondary N) is 1. The van der Waals surface area contributed by atoms with Crippen molar-refractivity contribution >= 4 is 23.6 Å². The minimum atomic E-state index is -0.569. The second kappa shape index (κ2) is 8.85. The number of esters is 1. The van der Waals surface area contributed by atoms with Crippen molar-refractivity contribution in [3.8, 4) is 0 Å². The first-order chi connectivity index (χ1) is 12.4. The smallest absolute Gasteiger partial charge is 0.355 e. The van der Waals surface area contributed by atoms with Crippen LogP contribution in [0.4, 0.5) is 5.69 Å². The molecule has 0 unspecified atom stereocenters. The van der Waals surface area contributed by atoms with Gasteiger partial charge in [0.15, 0.2) is 0 Å². The fraction of sp³-hybridized carbons (Fsp3) is 0.238. The van der Waals surface area contributed by atoms with E-state index in [0.717, 1.165) is 11.3 Å². The molecule has 0 aliphatic carbocycles. The molecule has 0 aliphatic heterocycles. The molecule has 136 valence electrons. The highest BCUT2D eigenvalue weighted by Crippen LogP contribution is 2.15. The Morgan fingerprint density at radius 1 is 1.00 bits per heavy atom. The maximum Gasteiger partial charge on any atom is 0.355 e. The highest BCUT2D eigenvalue weighted by Gasteiger charge is 2.17. The van der Waals surface area contributed by atoms with Crippen LogP contribution in [-0.4, -0.2) is 32.1 Å². The topological polar surface area (TPSA) is 58.6 Å². The first-order valence-corrected chi connectivity index (χ1v) is 8.43. The molecule has 5 heteroatoms. The van der Waals surface area contributed by atoms with Gasteiger partial charge in [0.25, 0.3) is 5.91 Å². The van der Waals surface area contributed by atoms with E-state index in [2.05, 4.69) is 5.32 Å². The summed E-state index contributed by atoms with van der Waals surface area (Å²) in [5, 5.41) is 2.66. The molecule has 2 aromatic carbocycles. The second-order valence-corrected chi connectivity index (χ2v) is 6.32. The molecule has 1 N–H and O–H groups in total. The Balaban J connectivity index is 2.28. The van der Waals surface area contributed by atoms with E-state index in [4.69, 9.17) is 4.74 Å². The molecule has 0 fully saturated rings. The van der Waals surface area contributed by atoms with E-state index in [1.54, 1.807) is 44.2 Å². The van der Waals surface area contributed by atoms with Gasteiger partial charge in [0.2, 0.25) is 0 Å². The average Bonchev–Trinajstić information content (AvgIpc) is 2.61. The third kappa shape index (κ3) is 5.48. The molecule has 26 heavy (non-hydrogen) atoms. The van der Waals surface area contributed by atoms with Gasteiger partial charge in [-0.05, 0) is 49.8 Å². The molecule has 0 aromatic heterocycles. The predicted octanol–water partition coefficient (Wildman–Crippen LogP) is 3.48. The zero-order chi connectivity index (χ0) is 19.1. The summed E-state index contributed by atoms with van der Waals surface area (Å²) in [6.45, 7) is 3.53. The lowest BCUT2D eigenvalue weighted by atomic mass is 10.1. The van der Waals surface area contributed by atoms with E-state index < -0.39 is 5.97 Å². The summed E-state index contributed by atoms with van der Waals surface area (Å²) >= 11 is 0. The third-order valence-electron chi connectivity index (χ3n) is 3.57. The summed E-state index contributed by atoms with van der Waals surface area (Å²) in [5.74, 6) is -0.927. The molecule has 0 bridgehead atoms. The van der Waals surface area contributed by atoms with E-state index in [9.17, 15) is 9.59 Å². The van der Waals surface area contributed by atoms with E-state index in [1.807, 2.05) is 49.3 Å². The van der Waals surface area contributed by atoms with Crippen molar-refractivity contribution < 1.29 is 14.3 Å². The summed E-state index contributed by atoms with van der Waals surface area (Å²) in [6, 6.07) is 16.4. The number of amides is 1. The average molecular weight is 352 g/mol. The maximum atomic E-state index is 12.4. The van der Waals surface area contributed by atoms with Gasteiger partial charge in [-0.15, -0.1) is 0 Å². The van der Waals surface area contributed by atoms with Crippen molar-refractivity contribution in [2.45, 2.75) is 20.0 Å². The lowest BCUT2D eigenvalue weighted by molar-refractivity contribution is -0.142. The van der Waals surface area contributed by atoms with Crippen molar-refractivity contribution in [2.24, 2.45) is 0 Å². The van der Waals surface area contributed by atoms with Crippen LogP contribution in [0.5, 0.6) is 0 Å². The monoisotopic (exact) mass is 352 g/mol. The summed E-state index contributed by atoms with van der Waals surface area (Å²) < 4.78 is 5.25. The minimum Gasteiger partial charge on any atom is -0.458 e. The molecule has 1 amide bonds. The van der Waals surface area contributed by atoms with Gasteiger partial charge < -0.3 is 15.0 Å². The van der Waals surface area contributed by atoms with E-state index in [1.165, 1.54) is 0 Å². The molecule has 2 rings (SSSR count). The summed E-state index contributed by atoms with van der Waals surface area (Å²) in [7, 11) is 3.91. The fourth-order valence-electron chi connectivity index (χ4n) is 2.24. The van der Waals surface area contributed by atoms with Crippen molar-refractivity contribution in [1.29, 1.82) is 0 Å². The van der Waals surface area contributed by atoms with Crippen LogP contribution in [0.15, 0.2) is 60.3 Å². The number of benzene rings is 2. The largest absolute Gasteiger partial charge is 0.458 e. The first-order valence-electron chi connectivity index (χ1n) is 8.43. The quantitative estimate of drug-likeness (QED) is 0.639. The molecule has 0 spiro atoms. The molecule has 0 radical (unpaired) electrons. The van der Waals surface area contributed by atoms with Crippen LogP contribution < -0.4 is 10.2 Å². The Bertz CT molecular complexity index is 779. The van der Waals surface area contributed by atoms with Gasteiger partial charge in [-0.25, -0.2) is 4.79 Å². The minimum absolute atomic E-state index is 0.102. The molecule has 0 saturated heterocycles. The summed E-state index contributed by atoms with van der Waals surface area (Å²) in [4.78, 5) is 26.8. The normalized spacial score (nSPS) is 11.2. The number of rotatable bonds is 6. The zero-order valence-corrected chi connectivity index (χ0v) is 15.5. The first kappa shape index (κ1) is 19.2. The van der Waals surface area contributed by atoms with E-state index in [-0.39, 0.29) is 17.7 Å². The van der Waals surface area contributed by atoms with Gasteiger partial charge in [-0.1, -0.05) is 30.3 Å². The Hall–Kier alpha value is -3.08. The summed E-state index contributed by atoms with van der Waals surface area (Å²) in [6.07, 6.45) is 1.33. The fourth-order valence-corrected chi connectivity index (χ4v) is 2.24. The molecule has 0 heterocycles. The zero-order valence-electron chi connectivity index (χ0n) is 15.5. The SMILES string of the molecule is CC(C)OC(=O)C(=Cc1ccc(N(C)C)cc1)NC(=O)c1ccccc1. The maximum absolute atomic E-state index is 12.4. The third-order valence-corrected chi connectivity index (χ3v) is 3.57. The van der Waals surface area contributed by atoms with Crippen molar-refractivity contribution in [3.63, 3.8) is 0 Å². The van der Waals surface area contributed by atoms with Crippen molar-refractivity contribution in [2.75, 3.05) is 19.0 Å². The van der Waals surface area contributed by atoms with Gasteiger partial charge >= 0.3 is 5.97 Å². The van der Waals surface area contributed by atoms with Gasteiger partial charge in [0.05, 0.1) is 6.10 Å². The standard InChI is InChI=1S/C21H24N2O3/c1-15(2)26-21(25)19(22-20(24)17-8-6-5-7-9-17)14-16-10-12-18(13-11-16)23(3)4/h5-15H,1-4H3,(H,22,24). The van der Waals surface area contributed by atoms with E-state index in [0.29, 0.717) is 5.56 Å². The second-order valence-electron chi connectivity index (χ2n) is 6.32. The Labute approximate surface area is 154 Å². The number of carbonyl (C=O) groups excluding carboxylic acids is 2. The van der Waals surface area contributed by atoms with Crippen LogP contribution in [0, 0.1) is 0 Å². The predicted molar refractivity (Wildman–Crippen MR) is 104 cm³/mol. The molecule has 2 aromatic rings. The summed E-state index contributed by atoms with van der Waals surface area (Å²) in [5.41, 5.74) is 2.41. The van der Waals surface area contributed by atoms with Crippen LogP contribution in [-0.2, 0) is 9.53 Å². The number of hydrogen-bond acceptors (Lipinski definition) is 4. The number of anilines is 1. The Kier molecular flexibility index (Phi) is 6.55. The van der Waals surface area contributed by atoms with Crippen LogP contribution in [0.1, 0.15) is 29.8 Å². The highest BCUT2D eigenvalue weighted by atomic mass is 16.5. The highest BCUT2D eigenvalue weighted by molar-refractivity contribution is 6.03. The molecule has 0 aliphatic rings. The number of ether oxygens (including phenoxy) is 1. The van der Waals surface area contributed by atoms with E-state index >= 15 is 0 Å². The Morgan fingerprint density at radius 3 is 2.15 bits per heavy atom. The molecule has 0 saturated carbocycles. The van der Waals surface area contributed by atoms with Crippen LogP contribution >= 0.6 is 0 Å². The lowest BCUT2D eigenvalue weighted by Gasteiger charge is -2.14. The van der Waals surface area contributed by atoms with Gasteiger partial charge in [-0.2, -0.15) is 0 Å². The number of nitrogens with zero attached hydrogens (tertiary/aromatic N) is 1. The number of hydrogen-bond donors (Lipinski definition) is 1. The molecule has 5 nitrogen and oxygen atoms in total. The lowest BCUT2D eigenvalue weighted by Crippen LogP contribution is -2.29. The van der Waals surface area contributed by atoms with Crippen LogP contribution in [0.2, 0.25) is 0 Å². The van der Waals surface area contributed by atoms with Gasteiger partial charge in [0, 0.05) is 25.3 Å². The molecule has 0 atom stereocenters. The van der Waals surface area contributed by atoms with Crippen molar-refractivity contribution in [3.05, 3.63) is 71.4 Å². The van der Waals surface area contributed by atoms with Crippen LogP contribution in [0.25, 0.3) is 6.08 Å².